The van der Waals surface area contributed by atoms with Crippen LogP contribution in [0.15, 0.2) is 58.0 Å². The van der Waals surface area contributed by atoms with Crippen LogP contribution < -0.4 is 10.0 Å². The third kappa shape index (κ3) is 2.84. The minimum atomic E-state index is -3.75. The predicted octanol–water partition coefficient (Wildman–Crippen LogP) is 2.30. The third-order valence-electron chi connectivity index (χ3n) is 3.49. The van der Waals surface area contributed by atoms with Gasteiger partial charge in [0, 0.05) is 16.5 Å². The van der Waals surface area contributed by atoms with Crippen molar-refractivity contribution >= 4 is 32.4 Å². The minimum absolute atomic E-state index is 0.101. The maximum Gasteiger partial charge on any atom is 0.291 e. The molecule has 0 spiro atoms. The molecule has 2 aromatic carbocycles. The van der Waals surface area contributed by atoms with E-state index < -0.39 is 15.9 Å². The summed E-state index contributed by atoms with van der Waals surface area (Å²) in [6.07, 6.45) is 0. The zero-order valence-corrected chi connectivity index (χ0v) is 13.4. The van der Waals surface area contributed by atoms with Gasteiger partial charge >= 0.3 is 0 Å². The van der Waals surface area contributed by atoms with Crippen molar-refractivity contribution in [3.63, 3.8) is 0 Å². The largest absolute Gasteiger partial charge is 0.507 e. The number of sulfonamides is 1. The first-order valence-corrected chi connectivity index (χ1v) is 8.46. The summed E-state index contributed by atoms with van der Waals surface area (Å²) in [5.41, 5.74) is 0.475. The van der Waals surface area contributed by atoms with Crippen LogP contribution in [-0.2, 0) is 10.0 Å². The van der Waals surface area contributed by atoms with Crippen molar-refractivity contribution in [3.05, 3.63) is 54.3 Å². The van der Waals surface area contributed by atoms with E-state index >= 15 is 0 Å². The molecule has 0 aliphatic rings. The van der Waals surface area contributed by atoms with Gasteiger partial charge in [0.2, 0.25) is 5.09 Å². The van der Waals surface area contributed by atoms with E-state index in [-0.39, 0.29) is 16.6 Å². The number of anilines is 1. The monoisotopic (exact) mass is 346 g/mol. The molecule has 3 aromatic rings. The molecular weight excluding hydrogens is 332 g/mol. The standard InChI is InChI=1S/C16H14N2O5S/c1-17-24(21,22)15-9-8-14(23-15)16(20)18-12-6-2-5-11-10(12)4-3-7-13(11)19/h2-9,17,19H,1H3,(H,18,20). The van der Waals surface area contributed by atoms with Gasteiger partial charge in [0.15, 0.2) is 5.76 Å². The smallest absolute Gasteiger partial charge is 0.291 e. The number of hydrogen-bond acceptors (Lipinski definition) is 5. The number of carbonyl (C=O) groups excluding carboxylic acids is 1. The second-order valence-electron chi connectivity index (χ2n) is 4.96. The molecule has 3 N–H and O–H groups in total. The zero-order valence-electron chi connectivity index (χ0n) is 12.6. The summed E-state index contributed by atoms with van der Waals surface area (Å²) in [5, 5.41) is 13.4. The fourth-order valence-corrected chi connectivity index (χ4v) is 2.92. The van der Waals surface area contributed by atoms with E-state index in [1.54, 1.807) is 36.4 Å². The molecule has 0 atom stereocenters. The van der Waals surface area contributed by atoms with Crippen LogP contribution in [0.25, 0.3) is 10.8 Å². The lowest BCUT2D eigenvalue weighted by Crippen LogP contribution is -2.18. The molecule has 0 unspecified atom stereocenters. The van der Waals surface area contributed by atoms with Gasteiger partial charge in [-0.15, -0.1) is 0 Å². The van der Waals surface area contributed by atoms with Gasteiger partial charge in [-0.1, -0.05) is 24.3 Å². The van der Waals surface area contributed by atoms with Crippen molar-refractivity contribution in [2.24, 2.45) is 0 Å². The highest BCUT2D eigenvalue weighted by Gasteiger charge is 2.20. The molecule has 0 saturated carbocycles. The molecule has 0 radical (unpaired) electrons. The average molecular weight is 346 g/mol. The lowest BCUT2D eigenvalue weighted by Gasteiger charge is -2.08. The molecule has 0 fully saturated rings. The number of carbonyl (C=O) groups is 1. The van der Waals surface area contributed by atoms with E-state index in [1.807, 2.05) is 0 Å². The molecule has 24 heavy (non-hydrogen) atoms. The Bertz CT molecular complexity index is 1020. The van der Waals surface area contributed by atoms with E-state index in [0.717, 1.165) is 0 Å². The van der Waals surface area contributed by atoms with Crippen LogP contribution in [0.5, 0.6) is 5.75 Å². The summed E-state index contributed by atoms with van der Waals surface area (Å²) in [7, 11) is -2.50. The number of furan rings is 1. The fourth-order valence-electron chi connectivity index (χ4n) is 2.27. The summed E-state index contributed by atoms with van der Waals surface area (Å²) in [4.78, 5) is 12.3. The van der Waals surface area contributed by atoms with E-state index in [0.29, 0.717) is 16.5 Å². The van der Waals surface area contributed by atoms with Gasteiger partial charge in [-0.25, -0.2) is 13.1 Å². The maximum absolute atomic E-state index is 12.3. The molecular formula is C16H14N2O5S. The number of phenols is 1. The van der Waals surface area contributed by atoms with Gasteiger partial charge in [0.25, 0.3) is 15.9 Å². The highest BCUT2D eigenvalue weighted by molar-refractivity contribution is 7.89. The molecule has 3 rings (SSSR count). The van der Waals surface area contributed by atoms with E-state index in [2.05, 4.69) is 10.0 Å². The molecule has 0 bridgehead atoms. The minimum Gasteiger partial charge on any atom is -0.507 e. The van der Waals surface area contributed by atoms with Gasteiger partial charge in [-0.2, -0.15) is 0 Å². The number of fused-ring (bicyclic) bond motifs is 1. The molecule has 1 heterocycles. The second kappa shape index (κ2) is 5.99. The maximum atomic E-state index is 12.3. The van der Waals surface area contributed by atoms with Crippen LogP contribution in [0.3, 0.4) is 0 Å². The third-order valence-corrected chi connectivity index (χ3v) is 4.77. The Labute approximate surface area is 138 Å². The summed E-state index contributed by atoms with van der Waals surface area (Å²) >= 11 is 0. The molecule has 7 nitrogen and oxygen atoms in total. The number of phenolic OH excluding ortho intramolecular Hbond substituents is 1. The first-order chi connectivity index (χ1) is 11.4. The molecule has 0 aliphatic carbocycles. The van der Waals surface area contributed by atoms with Crippen molar-refractivity contribution in [1.82, 2.24) is 4.72 Å². The Balaban J connectivity index is 1.93. The quantitative estimate of drug-likeness (QED) is 0.672. The molecule has 0 saturated heterocycles. The normalized spacial score (nSPS) is 11.5. The number of nitrogens with one attached hydrogen (secondary N) is 2. The van der Waals surface area contributed by atoms with Gasteiger partial charge in [-0.05, 0) is 31.3 Å². The zero-order chi connectivity index (χ0) is 17.3. The fraction of sp³-hybridized carbons (Fsp3) is 0.0625. The van der Waals surface area contributed by atoms with Gasteiger partial charge in [0.05, 0.1) is 0 Å². The topological polar surface area (TPSA) is 109 Å². The molecule has 124 valence electrons. The number of rotatable bonds is 4. The van der Waals surface area contributed by atoms with Gasteiger partial charge in [-0.3, -0.25) is 4.79 Å². The Morgan fingerprint density at radius 3 is 2.50 bits per heavy atom. The lowest BCUT2D eigenvalue weighted by molar-refractivity contribution is 0.0991. The molecule has 0 aliphatic heterocycles. The Hall–Kier alpha value is -2.84. The highest BCUT2D eigenvalue weighted by atomic mass is 32.2. The average Bonchev–Trinajstić information content (AvgIpc) is 3.07. The highest BCUT2D eigenvalue weighted by Crippen LogP contribution is 2.30. The van der Waals surface area contributed by atoms with Crippen molar-refractivity contribution in [1.29, 1.82) is 0 Å². The first-order valence-electron chi connectivity index (χ1n) is 6.98. The van der Waals surface area contributed by atoms with Crippen molar-refractivity contribution in [2.45, 2.75) is 5.09 Å². The van der Waals surface area contributed by atoms with Crippen molar-refractivity contribution < 1.29 is 22.7 Å². The molecule has 1 aromatic heterocycles. The van der Waals surface area contributed by atoms with Crippen LogP contribution in [0.2, 0.25) is 0 Å². The summed E-state index contributed by atoms with van der Waals surface area (Å²) in [6.45, 7) is 0. The first kappa shape index (κ1) is 16.0. The van der Waals surface area contributed by atoms with Crippen LogP contribution in [-0.4, -0.2) is 26.5 Å². The second-order valence-corrected chi connectivity index (χ2v) is 6.78. The van der Waals surface area contributed by atoms with Crippen LogP contribution in [0, 0.1) is 0 Å². The Morgan fingerprint density at radius 1 is 1.04 bits per heavy atom. The Kier molecular flexibility index (Phi) is 4.00. The lowest BCUT2D eigenvalue weighted by atomic mass is 10.1. The van der Waals surface area contributed by atoms with Gasteiger partial charge in [0.1, 0.15) is 5.75 Å². The molecule has 1 amide bonds. The van der Waals surface area contributed by atoms with Gasteiger partial charge < -0.3 is 14.8 Å². The summed E-state index contributed by atoms with van der Waals surface area (Å²) in [6, 6.07) is 12.5. The van der Waals surface area contributed by atoms with Crippen molar-refractivity contribution in [3.8, 4) is 5.75 Å². The molecule has 8 heteroatoms. The number of hydrogen-bond donors (Lipinski definition) is 3. The van der Waals surface area contributed by atoms with Crippen LogP contribution >= 0.6 is 0 Å². The summed E-state index contributed by atoms with van der Waals surface area (Å²) < 4.78 is 30.5. The van der Waals surface area contributed by atoms with Crippen LogP contribution in [0.4, 0.5) is 5.69 Å². The summed E-state index contributed by atoms with van der Waals surface area (Å²) in [5.74, 6) is -0.631. The SMILES string of the molecule is CNS(=O)(=O)c1ccc(C(=O)Nc2cccc3c(O)cccc23)o1. The van der Waals surface area contributed by atoms with Crippen molar-refractivity contribution in [2.75, 3.05) is 12.4 Å². The number of aromatic hydroxyl groups is 1. The van der Waals surface area contributed by atoms with E-state index in [9.17, 15) is 18.3 Å². The van der Waals surface area contributed by atoms with E-state index in [1.165, 1.54) is 19.2 Å². The number of amides is 1. The van der Waals surface area contributed by atoms with Crippen LogP contribution in [0.1, 0.15) is 10.6 Å². The van der Waals surface area contributed by atoms with E-state index in [4.69, 9.17) is 4.42 Å². The number of benzene rings is 2. The Morgan fingerprint density at radius 2 is 1.75 bits per heavy atom. The predicted molar refractivity (Wildman–Crippen MR) is 88.5 cm³/mol.